The Kier molecular flexibility index (Phi) is 55.5. The van der Waals surface area contributed by atoms with Gasteiger partial charge in [-0.15, -0.1) is 0 Å². The molecule has 1 aliphatic rings. The zero-order valence-corrected chi connectivity index (χ0v) is 50.9. The predicted molar refractivity (Wildman–Crippen MR) is 329 cm³/mol. The third-order valence-electron chi connectivity index (χ3n) is 14.6. The van der Waals surface area contributed by atoms with Crippen LogP contribution in [0.3, 0.4) is 0 Å². The first-order valence-corrected chi connectivity index (χ1v) is 32.7. The van der Waals surface area contributed by atoms with Crippen LogP contribution in [-0.4, -0.2) is 82.5 Å². The van der Waals surface area contributed by atoms with E-state index in [2.05, 4.69) is 98.6 Å². The molecule has 1 saturated heterocycles. The number of esters is 1. The highest BCUT2D eigenvalue weighted by Gasteiger charge is 2.47. The summed E-state index contributed by atoms with van der Waals surface area (Å²) in [5.74, 6) is -0.185. The highest BCUT2D eigenvalue weighted by molar-refractivity contribution is 5.69. The molecule has 7 heteroatoms. The topological polar surface area (TPSA) is 66.5 Å². The molecule has 1 unspecified atom stereocenters. The second kappa shape index (κ2) is 58.8. The largest absolute Gasteiger partial charge is 0.463 e. The second-order valence-corrected chi connectivity index (χ2v) is 22.3. The van der Waals surface area contributed by atoms with Gasteiger partial charge in [-0.1, -0.05) is 235 Å². The van der Waals surface area contributed by atoms with Crippen LogP contribution in [0, 0.1) is 0 Å². The molecule has 442 valence electrons. The minimum Gasteiger partial charge on any atom is -0.463 e. The SMILES string of the molecule is CCCCC/C=C\C/C=C\CCCCCCCCO[C@@H]1O[C@H](COC(=O)CCCN(C)C)C(OCCCCCCCC/C=C\C/C=C\CCCCCCC)[C@@H]1OCCCCCCCC/C=C\C/C=C\CCCCCCC. The second-order valence-electron chi connectivity index (χ2n) is 22.3. The van der Waals surface area contributed by atoms with Gasteiger partial charge in [0, 0.05) is 26.2 Å². The number of carbonyl (C=O) groups is 1. The molecule has 0 bridgehead atoms. The molecule has 1 fully saturated rings. The van der Waals surface area contributed by atoms with Crippen molar-refractivity contribution in [1.82, 2.24) is 4.90 Å². The monoisotopic (exact) mass is 1060 g/mol. The lowest BCUT2D eigenvalue weighted by molar-refractivity contribution is -0.184. The van der Waals surface area contributed by atoms with Crippen molar-refractivity contribution in [3.05, 3.63) is 72.9 Å². The molecule has 0 N–H and O–H groups in total. The molecule has 76 heavy (non-hydrogen) atoms. The fraction of sp³-hybridized carbons (Fsp3) is 0.812. The third-order valence-corrected chi connectivity index (χ3v) is 14.6. The Bertz CT molecular complexity index is 1390. The quantitative estimate of drug-likeness (QED) is 0.0342. The van der Waals surface area contributed by atoms with Gasteiger partial charge in [0.1, 0.15) is 24.9 Å². The van der Waals surface area contributed by atoms with E-state index in [0.29, 0.717) is 26.2 Å². The summed E-state index contributed by atoms with van der Waals surface area (Å²) in [4.78, 5) is 15.0. The van der Waals surface area contributed by atoms with Crippen molar-refractivity contribution in [1.29, 1.82) is 0 Å². The Morgan fingerprint density at radius 2 is 0.697 bits per heavy atom. The molecule has 4 atom stereocenters. The summed E-state index contributed by atoms with van der Waals surface area (Å²) in [5, 5.41) is 0. The van der Waals surface area contributed by atoms with Crippen LogP contribution in [0.5, 0.6) is 0 Å². The van der Waals surface area contributed by atoms with Gasteiger partial charge in [0.05, 0.1) is 0 Å². The molecule has 0 aromatic rings. The smallest absolute Gasteiger partial charge is 0.305 e. The van der Waals surface area contributed by atoms with Gasteiger partial charge >= 0.3 is 5.97 Å². The van der Waals surface area contributed by atoms with Crippen molar-refractivity contribution >= 4 is 5.97 Å². The molecule has 1 heterocycles. The van der Waals surface area contributed by atoms with Crippen LogP contribution in [0.2, 0.25) is 0 Å². The lowest BCUT2D eigenvalue weighted by Gasteiger charge is -2.25. The van der Waals surface area contributed by atoms with Crippen LogP contribution in [0.15, 0.2) is 72.9 Å². The normalized spacial score (nSPS) is 17.3. The summed E-state index contributed by atoms with van der Waals surface area (Å²) in [7, 11) is 4.06. The molecule has 0 saturated carbocycles. The van der Waals surface area contributed by atoms with E-state index in [1.807, 2.05) is 14.1 Å². The predicted octanol–water partition coefficient (Wildman–Crippen LogP) is 20.4. The maximum atomic E-state index is 12.9. The molecular weight excluding hydrogens is 939 g/mol. The Labute approximate surface area is 472 Å². The first kappa shape index (κ1) is 71.7. The standard InChI is InChI=1S/C69H125NO6/c1-6-9-12-15-18-21-24-27-30-33-35-38-40-43-46-49-52-55-61-72-67-65(64-75-66(71)59-58-60-70(4)5)76-69(74-63-57-54-51-48-45-42-37-32-29-26-23-20-17-14-11-8-3)68(67)73-62-56-53-50-47-44-41-39-36-34-31-28-25-22-19-16-13-10-7-2/h20,23-25,27-29,32-36,65,67-69H,6-19,21-22,26,30-31,37-64H2,1-5H3/b23-20-,27-24-,28-25-,32-29-,35-33-,36-34-/t65-,67?,68+,69-/m1/s1. The number of carbonyl (C=O) groups excluding carboxylic acids is 1. The number of hydrogen-bond acceptors (Lipinski definition) is 7. The minimum absolute atomic E-state index is 0.158. The Hall–Kier alpha value is -2.29. The van der Waals surface area contributed by atoms with Gasteiger partial charge < -0.3 is 28.6 Å². The van der Waals surface area contributed by atoms with E-state index in [1.165, 1.54) is 199 Å². The number of rotatable bonds is 58. The lowest BCUT2D eigenvalue weighted by atomic mass is 10.1. The van der Waals surface area contributed by atoms with Crippen LogP contribution in [-0.2, 0) is 28.5 Å². The average molecular weight is 1060 g/mol. The van der Waals surface area contributed by atoms with Crippen LogP contribution in [0.1, 0.15) is 290 Å². The molecule has 1 aliphatic heterocycles. The fourth-order valence-corrected chi connectivity index (χ4v) is 9.74. The van der Waals surface area contributed by atoms with E-state index in [-0.39, 0.29) is 24.8 Å². The van der Waals surface area contributed by atoms with Crippen LogP contribution in [0.4, 0.5) is 0 Å². The summed E-state index contributed by atoms with van der Waals surface area (Å²) in [6, 6.07) is 0. The van der Waals surface area contributed by atoms with Crippen molar-refractivity contribution in [2.24, 2.45) is 0 Å². The van der Waals surface area contributed by atoms with E-state index in [4.69, 9.17) is 23.7 Å². The molecule has 0 aliphatic carbocycles. The molecular formula is C69H125NO6. The van der Waals surface area contributed by atoms with Gasteiger partial charge in [-0.3, -0.25) is 4.79 Å². The van der Waals surface area contributed by atoms with Crippen molar-refractivity contribution in [2.75, 3.05) is 47.1 Å². The Morgan fingerprint density at radius 3 is 1.08 bits per heavy atom. The number of ether oxygens (including phenoxy) is 5. The summed E-state index contributed by atoms with van der Waals surface area (Å²) in [6.45, 7) is 9.74. The zero-order valence-electron chi connectivity index (χ0n) is 50.9. The minimum atomic E-state index is -0.537. The molecule has 0 amide bonds. The van der Waals surface area contributed by atoms with Gasteiger partial charge in [0.25, 0.3) is 0 Å². The Morgan fingerprint density at radius 1 is 0.382 bits per heavy atom. The lowest BCUT2D eigenvalue weighted by Crippen LogP contribution is -2.40. The molecule has 0 radical (unpaired) electrons. The number of unbranched alkanes of at least 4 members (excludes halogenated alkanes) is 31. The fourth-order valence-electron chi connectivity index (χ4n) is 9.74. The van der Waals surface area contributed by atoms with E-state index >= 15 is 0 Å². The maximum Gasteiger partial charge on any atom is 0.305 e. The van der Waals surface area contributed by atoms with Gasteiger partial charge in [0.15, 0.2) is 6.29 Å². The first-order valence-electron chi connectivity index (χ1n) is 32.7. The maximum absolute atomic E-state index is 12.9. The molecule has 0 aromatic carbocycles. The van der Waals surface area contributed by atoms with Gasteiger partial charge in [0.2, 0.25) is 0 Å². The molecule has 1 rings (SSSR count). The van der Waals surface area contributed by atoms with Crippen molar-refractivity contribution in [3.8, 4) is 0 Å². The van der Waals surface area contributed by atoms with E-state index in [9.17, 15) is 4.79 Å². The van der Waals surface area contributed by atoms with Gasteiger partial charge in [-0.25, -0.2) is 0 Å². The van der Waals surface area contributed by atoms with Gasteiger partial charge in [-0.05, 0) is 143 Å². The highest BCUT2D eigenvalue weighted by Crippen LogP contribution is 2.30. The average Bonchev–Trinajstić information content (AvgIpc) is 3.74. The highest BCUT2D eigenvalue weighted by atomic mass is 16.7. The number of nitrogens with zero attached hydrogens (tertiary/aromatic N) is 1. The number of allylic oxidation sites excluding steroid dienone is 12. The Balaban J connectivity index is 2.66. The summed E-state index contributed by atoms with van der Waals surface area (Å²) >= 11 is 0. The zero-order chi connectivity index (χ0) is 54.7. The van der Waals surface area contributed by atoms with E-state index in [0.717, 1.165) is 70.8 Å². The van der Waals surface area contributed by atoms with Crippen LogP contribution >= 0.6 is 0 Å². The molecule has 0 aromatic heterocycles. The van der Waals surface area contributed by atoms with Crippen molar-refractivity contribution < 1.29 is 28.5 Å². The van der Waals surface area contributed by atoms with Crippen molar-refractivity contribution in [3.63, 3.8) is 0 Å². The van der Waals surface area contributed by atoms with Gasteiger partial charge in [-0.2, -0.15) is 0 Å². The molecule has 7 nitrogen and oxygen atoms in total. The summed E-state index contributed by atoms with van der Waals surface area (Å²) in [5.41, 5.74) is 0. The van der Waals surface area contributed by atoms with E-state index < -0.39 is 12.4 Å². The van der Waals surface area contributed by atoms with Crippen LogP contribution in [0.25, 0.3) is 0 Å². The third kappa shape index (κ3) is 48.8. The first-order chi connectivity index (χ1) is 37.5. The molecule has 0 spiro atoms. The number of hydrogen-bond donors (Lipinski definition) is 0. The van der Waals surface area contributed by atoms with Crippen molar-refractivity contribution in [2.45, 2.75) is 315 Å². The summed E-state index contributed by atoms with van der Waals surface area (Å²) < 4.78 is 32.4. The summed E-state index contributed by atoms with van der Waals surface area (Å²) in [6.07, 6.45) is 77.0. The van der Waals surface area contributed by atoms with Crippen LogP contribution < -0.4 is 0 Å². The van der Waals surface area contributed by atoms with E-state index in [1.54, 1.807) is 0 Å².